The molecule has 0 unspecified atom stereocenters. The zero-order valence-electron chi connectivity index (χ0n) is 11.9. The molecule has 0 aromatic heterocycles. The van der Waals surface area contributed by atoms with E-state index in [1.165, 1.54) is 6.47 Å². The van der Waals surface area contributed by atoms with Gasteiger partial charge in [0.25, 0.3) is 0 Å². The molecule has 21 heavy (non-hydrogen) atoms. The number of hydrogen-bond donors (Lipinski definition) is 0. The van der Waals surface area contributed by atoms with E-state index in [4.69, 9.17) is 0 Å². The van der Waals surface area contributed by atoms with E-state index < -0.39 is 9.84 Å². The van der Waals surface area contributed by atoms with Gasteiger partial charge in [0.2, 0.25) is 0 Å². The quantitative estimate of drug-likeness (QED) is 0.761. The number of ether oxygens (including phenoxy) is 1. The molecule has 2 rings (SSSR count). The van der Waals surface area contributed by atoms with Crippen molar-refractivity contribution in [2.24, 2.45) is 0 Å². The lowest BCUT2D eigenvalue weighted by Gasteiger charge is -2.16. The van der Waals surface area contributed by atoms with Gasteiger partial charge in [-0.1, -0.05) is 24.3 Å². The highest BCUT2D eigenvalue weighted by Gasteiger charge is 2.18. The molecule has 1 radical (unpaired) electrons. The lowest BCUT2D eigenvalue weighted by molar-refractivity contribution is 0.297. The van der Waals surface area contributed by atoms with Crippen molar-refractivity contribution in [3.8, 4) is 0 Å². The first kappa shape index (κ1) is 15.3. The van der Waals surface area contributed by atoms with Crippen molar-refractivity contribution in [1.82, 2.24) is 0 Å². The maximum absolute atomic E-state index is 12.4. The normalized spacial score (nSPS) is 11.3. The smallest absolute Gasteiger partial charge is 0.417 e. The van der Waals surface area contributed by atoms with E-state index in [1.807, 2.05) is 37.2 Å². The Morgan fingerprint density at radius 2 is 1.76 bits per heavy atom. The second-order valence-electron chi connectivity index (χ2n) is 4.77. The first-order valence-electron chi connectivity index (χ1n) is 6.38. The van der Waals surface area contributed by atoms with Crippen molar-refractivity contribution in [3.63, 3.8) is 0 Å². The van der Waals surface area contributed by atoms with Crippen LogP contribution in [0.3, 0.4) is 0 Å². The highest BCUT2D eigenvalue weighted by molar-refractivity contribution is 7.91. The molecule has 0 aliphatic carbocycles. The van der Waals surface area contributed by atoms with E-state index in [9.17, 15) is 13.2 Å². The number of fused-ring (bicyclic) bond motifs is 1. The van der Waals surface area contributed by atoms with Gasteiger partial charge < -0.3 is 9.64 Å². The molecule has 6 heteroatoms. The molecule has 0 N–H and O–H groups in total. The van der Waals surface area contributed by atoms with E-state index in [-0.39, 0.29) is 17.3 Å². The first-order chi connectivity index (χ1) is 9.97. The Morgan fingerprint density at radius 3 is 2.43 bits per heavy atom. The predicted octanol–water partition coefficient (Wildman–Crippen LogP) is 1.76. The van der Waals surface area contributed by atoms with Gasteiger partial charge in [0.1, 0.15) is 6.61 Å². The number of sulfone groups is 1. The second-order valence-corrected chi connectivity index (χ2v) is 6.85. The fourth-order valence-electron chi connectivity index (χ4n) is 2.23. The summed E-state index contributed by atoms with van der Waals surface area (Å²) in [5.41, 5.74) is 0.946. The Morgan fingerprint density at radius 1 is 1.10 bits per heavy atom. The van der Waals surface area contributed by atoms with Crippen LogP contribution < -0.4 is 4.90 Å². The van der Waals surface area contributed by atoms with Crippen LogP contribution in [0.2, 0.25) is 0 Å². The standard InChI is InChI=1S/C15H16NO4S/c1-16(2)14-7-3-6-13-12(14)5-4-8-15(13)21(18,19)10-9-20-11-17/h3-8H,9-10H2,1-2H3. The highest BCUT2D eigenvalue weighted by atomic mass is 32.2. The van der Waals surface area contributed by atoms with Gasteiger partial charge in [0.15, 0.2) is 9.84 Å². The second kappa shape index (κ2) is 6.13. The summed E-state index contributed by atoms with van der Waals surface area (Å²) in [5, 5.41) is 1.53. The summed E-state index contributed by atoms with van der Waals surface area (Å²) < 4.78 is 29.1. The molecule has 2 aromatic carbocycles. The Hall–Kier alpha value is -2.08. The van der Waals surface area contributed by atoms with Crippen LogP contribution in [0.4, 0.5) is 5.69 Å². The summed E-state index contributed by atoms with van der Waals surface area (Å²) in [6.45, 7) is 1.03. The lowest BCUT2D eigenvalue weighted by Crippen LogP contribution is -2.13. The van der Waals surface area contributed by atoms with E-state index in [0.717, 1.165) is 11.1 Å². The minimum atomic E-state index is -3.52. The molecule has 0 heterocycles. The fourth-order valence-corrected chi connectivity index (χ4v) is 3.55. The zero-order valence-corrected chi connectivity index (χ0v) is 12.7. The molecule has 0 saturated heterocycles. The SMILES string of the molecule is CN(C)c1cccc2c(S(=O)(=O)CCO[C]=O)cccc12. The van der Waals surface area contributed by atoms with Crippen molar-refractivity contribution in [2.45, 2.75) is 4.90 Å². The van der Waals surface area contributed by atoms with Crippen molar-refractivity contribution in [1.29, 1.82) is 0 Å². The Kier molecular flexibility index (Phi) is 4.47. The zero-order chi connectivity index (χ0) is 15.5. The predicted molar refractivity (Wildman–Crippen MR) is 82.0 cm³/mol. The summed E-state index contributed by atoms with van der Waals surface area (Å²) in [4.78, 5) is 12.2. The van der Waals surface area contributed by atoms with Crippen molar-refractivity contribution in [2.75, 3.05) is 31.4 Å². The summed E-state index contributed by atoms with van der Waals surface area (Å²) in [7, 11) is 0.289. The van der Waals surface area contributed by atoms with Crippen LogP contribution >= 0.6 is 0 Å². The number of anilines is 1. The highest BCUT2D eigenvalue weighted by Crippen LogP contribution is 2.30. The average molecular weight is 306 g/mol. The molecule has 0 amide bonds. The van der Waals surface area contributed by atoms with Crippen molar-refractivity contribution >= 4 is 32.8 Å². The van der Waals surface area contributed by atoms with E-state index in [2.05, 4.69) is 4.74 Å². The molecule has 0 spiro atoms. The Bertz CT molecular complexity index is 753. The van der Waals surface area contributed by atoms with Crippen LogP contribution in [0.25, 0.3) is 10.8 Å². The number of hydrogen-bond acceptors (Lipinski definition) is 5. The van der Waals surface area contributed by atoms with Gasteiger partial charge >= 0.3 is 6.47 Å². The Labute approximate surface area is 124 Å². The minimum absolute atomic E-state index is 0.199. The molecular weight excluding hydrogens is 290 g/mol. The molecule has 0 atom stereocenters. The number of carbonyl (C=O) groups excluding carboxylic acids is 1. The fraction of sp³-hybridized carbons (Fsp3) is 0.267. The van der Waals surface area contributed by atoms with Crippen LogP contribution in [0.15, 0.2) is 41.3 Å². The van der Waals surface area contributed by atoms with Crippen molar-refractivity contribution < 1.29 is 17.9 Å². The molecular formula is C15H16NO4S. The molecule has 0 aliphatic rings. The molecule has 0 fully saturated rings. The van der Waals surface area contributed by atoms with Gasteiger partial charge in [-0.15, -0.1) is 0 Å². The summed E-state index contributed by atoms with van der Waals surface area (Å²) in [6.07, 6.45) is 0. The summed E-state index contributed by atoms with van der Waals surface area (Å²) >= 11 is 0. The third-order valence-electron chi connectivity index (χ3n) is 3.19. The topological polar surface area (TPSA) is 63.7 Å². The molecule has 0 saturated carbocycles. The third-order valence-corrected chi connectivity index (χ3v) is 4.92. The Balaban J connectivity index is 2.55. The van der Waals surface area contributed by atoms with Gasteiger partial charge in [0, 0.05) is 30.6 Å². The monoisotopic (exact) mass is 306 g/mol. The van der Waals surface area contributed by atoms with Crippen LogP contribution in [0, 0.1) is 0 Å². The molecule has 5 nitrogen and oxygen atoms in total. The van der Waals surface area contributed by atoms with Gasteiger partial charge in [-0.25, -0.2) is 13.2 Å². The van der Waals surface area contributed by atoms with Crippen LogP contribution in [0.1, 0.15) is 0 Å². The van der Waals surface area contributed by atoms with Crippen LogP contribution in [0.5, 0.6) is 0 Å². The summed E-state index contributed by atoms with van der Waals surface area (Å²) in [6, 6.07) is 10.7. The van der Waals surface area contributed by atoms with E-state index in [0.29, 0.717) is 5.39 Å². The van der Waals surface area contributed by atoms with Gasteiger partial charge in [-0.05, 0) is 12.1 Å². The molecule has 0 bridgehead atoms. The summed E-state index contributed by atoms with van der Waals surface area (Å²) in [5.74, 6) is -0.256. The van der Waals surface area contributed by atoms with Crippen molar-refractivity contribution in [3.05, 3.63) is 36.4 Å². The molecule has 0 aliphatic heterocycles. The number of rotatable bonds is 6. The van der Waals surface area contributed by atoms with Gasteiger partial charge in [0.05, 0.1) is 10.6 Å². The van der Waals surface area contributed by atoms with Gasteiger partial charge in [-0.2, -0.15) is 0 Å². The third kappa shape index (κ3) is 3.16. The first-order valence-corrected chi connectivity index (χ1v) is 8.03. The van der Waals surface area contributed by atoms with E-state index >= 15 is 0 Å². The van der Waals surface area contributed by atoms with Crippen LogP contribution in [-0.4, -0.2) is 41.3 Å². The molecule has 111 valence electrons. The largest absolute Gasteiger partial charge is 0.456 e. The minimum Gasteiger partial charge on any atom is -0.456 e. The maximum atomic E-state index is 12.4. The number of nitrogens with zero attached hydrogens (tertiary/aromatic N) is 1. The van der Waals surface area contributed by atoms with Gasteiger partial charge in [-0.3, -0.25) is 0 Å². The number of benzene rings is 2. The average Bonchev–Trinajstić information content (AvgIpc) is 2.46. The maximum Gasteiger partial charge on any atom is 0.417 e. The van der Waals surface area contributed by atoms with E-state index in [1.54, 1.807) is 18.2 Å². The van der Waals surface area contributed by atoms with Crippen LogP contribution in [-0.2, 0) is 19.4 Å². The lowest BCUT2D eigenvalue weighted by atomic mass is 10.1. The molecule has 2 aromatic rings.